The number of nitrogen functional groups attached to an aromatic ring is 2. The van der Waals surface area contributed by atoms with Gasteiger partial charge in [-0.15, -0.1) is 0 Å². The molecule has 1 aromatic rings. The van der Waals surface area contributed by atoms with Gasteiger partial charge in [-0.05, 0) is 24.6 Å². The van der Waals surface area contributed by atoms with Crippen molar-refractivity contribution >= 4 is 23.3 Å². The van der Waals surface area contributed by atoms with Crippen LogP contribution in [0.25, 0.3) is 0 Å². The largest absolute Gasteiger partial charge is 0.478 e. The maximum absolute atomic E-state index is 11.2. The van der Waals surface area contributed by atoms with E-state index in [0.29, 0.717) is 5.56 Å². The third-order valence-electron chi connectivity index (χ3n) is 2.47. The van der Waals surface area contributed by atoms with Crippen molar-refractivity contribution in [3.8, 4) is 0 Å². The zero-order chi connectivity index (χ0) is 14.6. The van der Waals surface area contributed by atoms with Gasteiger partial charge in [0, 0.05) is 23.4 Å². The van der Waals surface area contributed by atoms with Gasteiger partial charge in [-0.1, -0.05) is 6.58 Å². The Kier molecular flexibility index (Phi) is 4.52. The van der Waals surface area contributed by atoms with Crippen molar-refractivity contribution in [1.82, 2.24) is 0 Å². The fraction of sp³-hybridized carbons (Fsp3) is 0.231. The molecule has 0 spiro atoms. The minimum atomic E-state index is -1.12. The molecule has 0 fully saturated rings. The molecule has 0 aliphatic heterocycles. The van der Waals surface area contributed by atoms with Crippen LogP contribution in [0.1, 0.15) is 22.8 Å². The molecule has 0 saturated carbocycles. The number of carboxylic acids is 1. The molecule has 0 aliphatic carbocycles. The molecule has 0 aromatic heterocycles. The average Bonchev–Trinajstić information content (AvgIpc) is 2.30. The summed E-state index contributed by atoms with van der Waals surface area (Å²) in [5.74, 6) is -1.65. The van der Waals surface area contributed by atoms with E-state index in [0.717, 1.165) is 0 Å². The molecule has 0 aliphatic rings. The Bertz CT molecular complexity index is 538. The molecule has 0 saturated heterocycles. The minimum absolute atomic E-state index is 0.0175. The Labute approximate surface area is 110 Å². The van der Waals surface area contributed by atoms with E-state index in [1.165, 1.54) is 19.1 Å². The molecule has 5 N–H and O–H groups in total. The number of nitrogens with two attached hydrogens (primary N) is 2. The van der Waals surface area contributed by atoms with Crippen LogP contribution in [0.3, 0.4) is 0 Å². The lowest BCUT2D eigenvalue weighted by atomic mass is 10.0. The molecular weight excluding hydrogens is 248 g/mol. The molecule has 1 rings (SSSR count). The molecule has 0 unspecified atom stereocenters. The number of ether oxygens (including phenoxy) is 1. The second-order valence-electron chi connectivity index (χ2n) is 4.11. The van der Waals surface area contributed by atoms with E-state index in [9.17, 15) is 9.59 Å². The van der Waals surface area contributed by atoms with Crippen molar-refractivity contribution in [2.75, 3.05) is 18.1 Å². The summed E-state index contributed by atoms with van der Waals surface area (Å²) in [5, 5.41) is 9.08. The molecule has 0 bridgehead atoms. The van der Waals surface area contributed by atoms with Gasteiger partial charge in [0.25, 0.3) is 0 Å². The van der Waals surface area contributed by atoms with Crippen LogP contribution >= 0.6 is 0 Å². The Morgan fingerprint density at radius 1 is 1.37 bits per heavy atom. The van der Waals surface area contributed by atoms with E-state index in [1.54, 1.807) is 0 Å². The van der Waals surface area contributed by atoms with Crippen LogP contribution in [-0.2, 0) is 16.0 Å². The normalized spacial score (nSPS) is 9.95. The van der Waals surface area contributed by atoms with Crippen LogP contribution < -0.4 is 11.5 Å². The molecule has 1 aromatic carbocycles. The summed E-state index contributed by atoms with van der Waals surface area (Å²) in [6.07, 6.45) is 0.201. The summed E-state index contributed by atoms with van der Waals surface area (Å²) in [7, 11) is 0. The van der Waals surface area contributed by atoms with Crippen LogP contribution in [0.5, 0.6) is 0 Å². The maximum Gasteiger partial charge on any atom is 0.336 e. The van der Waals surface area contributed by atoms with Crippen molar-refractivity contribution in [3.05, 3.63) is 35.4 Å². The number of benzene rings is 1. The van der Waals surface area contributed by atoms with Crippen LogP contribution in [0.15, 0.2) is 24.3 Å². The topological polar surface area (TPSA) is 116 Å². The number of carboxylic acid groups (broad SMARTS) is 1. The summed E-state index contributed by atoms with van der Waals surface area (Å²) in [6.45, 7) is 5.00. The van der Waals surface area contributed by atoms with Crippen molar-refractivity contribution in [3.63, 3.8) is 0 Å². The molecule has 6 nitrogen and oxygen atoms in total. The van der Waals surface area contributed by atoms with Gasteiger partial charge >= 0.3 is 11.9 Å². The summed E-state index contributed by atoms with van der Waals surface area (Å²) < 4.78 is 4.91. The highest BCUT2D eigenvalue weighted by atomic mass is 16.5. The molecule has 19 heavy (non-hydrogen) atoms. The van der Waals surface area contributed by atoms with Crippen molar-refractivity contribution in [2.24, 2.45) is 0 Å². The Morgan fingerprint density at radius 2 is 2.00 bits per heavy atom. The quantitative estimate of drug-likeness (QED) is 0.418. The van der Waals surface area contributed by atoms with Crippen molar-refractivity contribution in [1.29, 1.82) is 0 Å². The second kappa shape index (κ2) is 5.90. The van der Waals surface area contributed by atoms with Gasteiger partial charge in [0.15, 0.2) is 0 Å². The predicted octanol–water partition coefficient (Wildman–Crippen LogP) is 1.21. The lowest BCUT2D eigenvalue weighted by molar-refractivity contribution is -0.138. The zero-order valence-electron chi connectivity index (χ0n) is 10.6. The molecule has 6 heteroatoms. The van der Waals surface area contributed by atoms with Gasteiger partial charge < -0.3 is 21.3 Å². The first kappa shape index (κ1) is 14.6. The number of rotatable bonds is 5. The van der Waals surface area contributed by atoms with Gasteiger partial charge in [-0.3, -0.25) is 0 Å². The van der Waals surface area contributed by atoms with Crippen LogP contribution in [-0.4, -0.2) is 23.7 Å². The lowest BCUT2D eigenvalue weighted by Crippen LogP contribution is -2.12. The first-order chi connectivity index (χ1) is 8.82. The van der Waals surface area contributed by atoms with E-state index in [1.807, 2.05) is 0 Å². The molecule has 102 valence electrons. The third kappa shape index (κ3) is 3.74. The SMILES string of the molecule is C=C(C)C(=O)OCCc1c(N)cc(N)cc1C(=O)O. The van der Waals surface area contributed by atoms with E-state index in [-0.39, 0.29) is 35.5 Å². The smallest absolute Gasteiger partial charge is 0.336 e. The average molecular weight is 264 g/mol. The Morgan fingerprint density at radius 3 is 2.53 bits per heavy atom. The van der Waals surface area contributed by atoms with Gasteiger partial charge in [-0.25, -0.2) is 9.59 Å². The number of carbonyl (C=O) groups excluding carboxylic acids is 1. The van der Waals surface area contributed by atoms with E-state index >= 15 is 0 Å². The van der Waals surface area contributed by atoms with Crippen molar-refractivity contribution < 1.29 is 19.4 Å². The van der Waals surface area contributed by atoms with E-state index in [4.69, 9.17) is 21.3 Å². The minimum Gasteiger partial charge on any atom is -0.478 e. The Hall–Kier alpha value is -2.50. The highest BCUT2D eigenvalue weighted by Gasteiger charge is 2.15. The van der Waals surface area contributed by atoms with Crippen LogP contribution in [0.2, 0.25) is 0 Å². The van der Waals surface area contributed by atoms with Crippen molar-refractivity contribution in [2.45, 2.75) is 13.3 Å². The van der Waals surface area contributed by atoms with E-state index in [2.05, 4.69) is 6.58 Å². The lowest BCUT2D eigenvalue weighted by Gasteiger charge is -2.11. The van der Waals surface area contributed by atoms with Gasteiger partial charge in [0.1, 0.15) is 0 Å². The monoisotopic (exact) mass is 264 g/mol. The molecule has 0 atom stereocenters. The Balaban J connectivity index is 2.86. The highest BCUT2D eigenvalue weighted by Crippen LogP contribution is 2.22. The standard InChI is InChI=1S/C13H16N2O4/c1-7(2)13(18)19-4-3-9-10(12(16)17)5-8(14)6-11(9)15/h5-6H,1,3-4,14-15H2,2H3,(H,16,17). The first-order valence-corrected chi connectivity index (χ1v) is 5.56. The fourth-order valence-corrected chi connectivity index (χ4v) is 1.56. The predicted molar refractivity (Wildman–Crippen MR) is 71.7 cm³/mol. The molecule has 0 heterocycles. The summed E-state index contributed by atoms with van der Waals surface area (Å²) >= 11 is 0. The number of aromatic carboxylic acids is 1. The van der Waals surface area contributed by atoms with Gasteiger partial charge in [-0.2, -0.15) is 0 Å². The summed E-state index contributed by atoms with van der Waals surface area (Å²) in [4.78, 5) is 22.3. The zero-order valence-corrected chi connectivity index (χ0v) is 10.6. The first-order valence-electron chi connectivity index (χ1n) is 5.56. The maximum atomic E-state index is 11.2. The summed E-state index contributed by atoms with van der Waals surface area (Å²) in [5.41, 5.74) is 12.5. The molecule has 0 radical (unpaired) electrons. The third-order valence-corrected chi connectivity index (χ3v) is 2.47. The number of hydrogen-bond donors (Lipinski definition) is 3. The number of carbonyl (C=O) groups is 2. The fourth-order valence-electron chi connectivity index (χ4n) is 1.56. The summed E-state index contributed by atoms with van der Waals surface area (Å²) in [6, 6.07) is 2.80. The van der Waals surface area contributed by atoms with Crippen LogP contribution in [0.4, 0.5) is 11.4 Å². The highest BCUT2D eigenvalue weighted by molar-refractivity contribution is 5.92. The van der Waals surface area contributed by atoms with Crippen LogP contribution in [0, 0.1) is 0 Å². The van der Waals surface area contributed by atoms with Gasteiger partial charge in [0.05, 0.1) is 12.2 Å². The number of anilines is 2. The number of hydrogen-bond acceptors (Lipinski definition) is 5. The molecular formula is C13H16N2O4. The van der Waals surface area contributed by atoms with Gasteiger partial charge in [0.2, 0.25) is 0 Å². The van der Waals surface area contributed by atoms with E-state index < -0.39 is 11.9 Å². The molecule has 0 amide bonds. The second-order valence-corrected chi connectivity index (χ2v) is 4.11. The number of esters is 1.